The molecule has 0 unspecified atom stereocenters. The number of carbonyl (C=O) groups is 4. The van der Waals surface area contributed by atoms with E-state index in [1.165, 1.54) is 28.4 Å². The fourth-order valence-electron chi connectivity index (χ4n) is 6.45. The van der Waals surface area contributed by atoms with Gasteiger partial charge in [0.1, 0.15) is 8.64 Å². The van der Waals surface area contributed by atoms with Crippen LogP contribution in [-0.4, -0.2) is 118 Å². The number of nitrogens with zero attached hydrogens (tertiary/aromatic N) is 4. The van der Waals surface area contributed by atoms with E-state index in [2.05, 4.69) is 10.2 Å². The van der Waals surface area contributed by atoms with Gasteiger partial charge in [0.15, 0.2) is 23.0 Å². The van der Waals surface area contributed by atoms with E-state index >= 15 is 0 Å². The number of benzene rings is 2. The van der Waals surface area contributed by atoms with Gasteiger partial charge in [0.25, 0.3) is 11.8 Å². The molecule has 17 heteroatoms. The molecule has 3 fully saturated rings. The zero-order chi connectivity index (χ0) is 37.6. The third-order valence-electron chi connectivity index (χ3n) is 9.45. The molecule has 13 nitrogen and oxygen atoms in total. The van der Waals surface area contributed by atoms with Gasteiger partial charge in [0.05, 0.1) is 9.81 Å². The summed E-state index contributed by atoms with van der Waals surface area (Å²) >= 11 is 13.4. The molecule has 5 heterocycles. The second kappa shape index (κ2) is 17.5. The maximum Gasteiger partial charge on any atom is 0.266 e. The number of unbranched alkanes of at least 4 members (excludes halogenated alkanes) is 2. The van der Waals surface area contributed by atoms with Crippen molar-refractivity contribution in [2.45, 2.75) is 32.1 Å². The van der Waals surface area contributed by atoms with Crippen LogP contribution in [0.3, 0.4) is 0 Å². The van der Waals surface area contributed by atoms with Crippen molar-refractivity contribution >= 4 is 92.4 Å². The van der Waals surface area contributed by atoms with Crippen molar-refractivity contribution in [3.8, 4) is 23.0 Å². The first-order valence-corrected chi connectivity index (χ1v) is 20.2. The molecule has 284 valence electrons. The molecule has 0 aromatic heterocycles. The van der Waals surface area contributed by atoms with Crippen LogP contribution < -0.4 is 24.3 Å². The molecule has 54 heavy (non-hydrogen) atoms. The number of thiocarbonyl (C=S) groups is 2. The predicted octanol–water partition coefficient (Wildman–Crippen LogP) is 4.46. The maximum atomic E-state index is 13.0. The number of thioether (sulfide) groups is 2. The summed E-state index contributed by atoms with van der Waals surface area (Å²) in [7, 11) is 0. The molecular weight excluding hydrogens is 771 g/mol. The second-order valence-corrected chi connectivity index (χ2v) is 16.4. The molecule has 0 aliphatic carbocycles. The van der Waals surface area contributed by atoms with E-state index in [9.17, 15) is 19.2 Å². The third-order valence-corrected chi connectivity index (χ3v) is 12.2. The predicted molar refractivity (Wildman–Crippen MR) is 214 cm³/mol. The normalized spacial score (nSPS) is 19.6. The topological polar surface area (TPSA) is 130 Å². The van der Waals surface area contributed by atoms with Gasteiger partial charge in [-0.1, -0.05) is 66.5 Å². The lowest BCUT2D eigenvalue weighted by molar-refractivity contribution is -0.133. The summed E-state index contributed by atoms with van der Waals surface area (Å²) in [5.41, 5.74) is 1.65. The van der Waals surface area contributed by atoms with Gasteiger partial charge in [-0.25, -0.2) is 0 Å². The van der Waals surface area contributed by atoms with Crippen LogP contribution in [-0.2, 0) is 19.2 Å². The van der Waals surface area contributed by atoms with Crippen molar-refractivity contribution in [3.05, 3.63) is 57.3 Å². The van der Waals surface area contributed by atoms with Crippen LogP contribution in [0.1, 0.15) is 43.2 Å². The van der Waals surface area contributed by atoms with E-state index in [-0.39, 0.29) is 50.2 Å². The average Bonchev–Trinajstić information content (AvgIpc) is 3.95. The highest BCUT2D eigenvalue weighted by Gasteiger charge is 2.33. The zero-order valence-electron chi connectivity index (χ0n) is 29.4. The van der Waals surface area contributed by atoms with Crippen molar-refractivity contribution in [3.63, 3.8) is 0 Å². The number of ether oxygens (including phenoxy) is 4. The molecular formula is C37H39N5O8S4. The fourth-order valence-corrected chi connectivity index (χ4v) is 9.07. The Kier molecular flexibility index (Phi) is 12.4. The number of rotatable bonds is 14. The quantitative estimate of drug-likeness (QED) is 0.164. The van der Waals surface area contributed by atoms with Gasteiger partial charge in [-0.2, -0.15) is 0 Å². The Morgan fingerprint density at radius 2 is 1.24 bits per heavy atom. The minimum atomic E-state index is -0.216. The highest BCUT2D eigenvalue weighted by atomic mass is 32.2. The summed E-state index contributed by atoms with van der Waals surface area (Å²) in [6.07, 6.45) is 6.53. The van der Waals surface area contributed by atoms with Crippen molar-refractivity contribution in [1.29, 1.82) is 0 Å². The van der Waals surface area contributed by atoms with Gasteiger partial charge in [-0.15, -0.1) is 0 Å². The molecule has 1 N–H and O–H groups in total. The van der Waals surface area contributed by atoms with E-state index in [0.717, 1.165) is 43.5 Å². The van der Waals surface area contributed by atoms with Crippen LogP contribution in [0.15, 0.2) is 46.2 Å². The summed E-state index contributed by atoms with van der Waals surface area (Å²) < 4.78 is 22.5. The van der Waals surface area contributed by atoms with Crippen LogP contribution in [0.25, 0.3) is 12.2 Å². The highest BCUT2D eigenvalue weighted by Crippen LogP contribution is 2.38. The van der Waals surface area contributed by atoms with E-state index in [1.807, 2.05) is 41.3 Å². The molecule has 0 spiro atoms. The van der Waals surface area contributed by atoms with Gasteiger partial charge < -0.3 is 29.2 Å². The van der Waals surface area contributed by atoms with Crippen molar-refractivity contribution in [2.75, 3.05) is 65.9 Å². The van der Waals surface area contributed by atoms with Crippen LogP contribution in [0.2, 0.25) is 0 Å². The minimum Gasteiger partial charge on any atom is -0.454 e. The lowest BCUT2D eigenvalue weighted by Gasteiger charge is -2.34. The Hall–Kier alpha value is -4.16. The van der Waals surface area contributed by atoms with Crippen LogP contribution in [0.5, 0.6) is 23.0 Å². The molecule has 5 aliphatic heterocycles. The van der Waals surface area contributed by atoms with Gasteiger partial charge in [0.2, 0.25) is 25.4 Å². The first-order chi connectivity index (χ1) is 26.2. The molecule has 0 atom stereocenters. The van der Waals surface area contributed by atoms with Crippen molar-refractivity contribution < 1.29 is 38.1 Å². The number of fused-ring (bicyclic) bond motifs is 2. The van der Waals surface area contributed by atoms with Crippen molar-refractivity contribution in [1.82, 2.24) is 24.9 Å². The molecule has 4 amide bonds. The summed E-state index contributed by atoms with van der Waals surface area (Å²) in [5, 5.41) is 2.94. The molecule has 7 rings (SSSR count). The van der Waals surface area contributed by atoms with Gasteiger partial charge in [-0.05, 0) is 60.4 Å². The highest BCUT2D eigenvalue weighted by molar-refractivity contribution is 8.27. The standard InChI is InChI=1S/C37H39N5O8S4/c43-32(9-12-42-35(46)31(54-37(42)52)21-25-6-8-27-29(19-25)50-23-48-27)38-10-13-39-14-16-40(17-15-39)33(44)4-2-1-3-11-41-34(45)30(53-36(41)51)20-24-5-7-26-28(18-24)49-22-47-26/h5-8,18-21H,1-4,9-17,22-23H2,(H,38,43). The first kappa shape index (κ1) is 38.1. The third kappa shape index (κ3) is 9.20. The lowest BCUT2D eigenvalue weighted by atomic mass is 10.1. The van der Waals surface area contributed by atoms with E-state index < -0.39 is 0 Å². The Bertz CT molecular complexity index is 1910. The molecule has 2 aromatic rings. The molecule has 5 aliphatic rings. The molecule has 3 saturated heterocycles. The van der Waals surface area contributed by atoms with Gasteiger partial charge >= 0.3 is 0 Å². The Balaban J connectivity index is 0.741. The van der Waals surface area contributed by atoms with Crippen molar-refractivity contribution in [2.24, 2.45) is 0 Å². The Labute approximate surface area is 332 Å². The molecule has 2 aromatic carbocycles. The largest absolute Gasteiger partial charge is 0.454 e. The number of piperazine rings is 1. The second-order valence-electron chi connectivity index (χ2n) is 13.0. The number of hydrogen-bond donors (Lipinski definition) is 1. The number of nitrogens with one attached hydrogen (secondary N) is 1. The number of hydrogen-bond acceptors (Lipinski definition) is 13. The van der Waals surface area contributed by atoms with E-state index in [4.69, 9.17) is 43.4 Å². The summed E-state index contributed by atoms with van der Waals surface area (Å²) in [4.78, 5) is 59.8. The van der Waals surface area contributed by atoms with Gasteiger partial charge in [0, 0.05) is 65.2 Å². The Morgan fingerprint density at radius 1 is 0.685 bits per heavy atom. The summed E-state index contributed by atoms with van der Waals surface area (Å²) in [5.74, 6) is 2.34. The fraction of sp³-hybridized carbons (Fsp3) is 0.405. The molecule has 0 bridgehead atoms. The summed E-state index contributed by atoms with van der Waals surface area (Å²) in [6.45, 7) is 5.03. The van der Waals surface area contributed by atoms with E-state index in [1.54, 1.807) is 17.0 Å². The van der Waals surface area contributed by atoms with Crippen LogP contribution in [0.4, 0.5) is 0 Å². The SMILES string of the molecule is O=C(CCN1C(=O)C(=Cc2ccc3c(c2)OCO3)SC1=S)NCCN1CCN(C(=O)CCCCCN2C(=O)C(=Cc3ccc4c(c3)OCO4)SC2=S)CC1. The van der Waals surface area contributed by atoms with Crippen LogP contribution in [0, 0.1) is 0 Å². The summed E-state index contributed by atoms with van der Waals surface area (Å²) in [6, 6.07) is 11.0. The Morgan fingerprint density at radius 3 is 1.83 bits per heavy atom. The minimum absolute atomic E-state index is 0.0970. The van der Waals surface area contributed by atoms with E-state index in [0.29, 0.717) is 80.6 Å². The smallest absolute Gasteiger partial charge is 0.266 e. The lowest BCUT2D eigenvalue weighted by Crippen LogP contribution is -2.50. The van der Waals surface area contributed by atoms with Gasteiger partial charge in [-0.3, -0.25) is 33.9 Å². The average molecular weight is 810 g/mol. The molecule has 0 saturated carbocycles. The maximum absolute atomic E-state index is 13.0. The van der Waals surface area contributed by atoms with Crippen LogP contribution >= 0.6 is 48.0 Å². The first-order valence-electron chi connectivity index (χ1n) is 17.8. The monoisotopic (exact) mass is 809 g/mol. The number of carbonyl (C=O) groups excluding carboxylic acids is 4. The number of amides is 4. The zero-order valence-corrected chi connectivity index (χ0v) is 32.7. The molecule has 0 radical (unpaired) electrons.